The van der Waals surface area contributed by atoms with E-state index in [1.54, 1.807) is 20.4 Å². The van der Waals surface area contributed by atoms with Gasteiger partial charge in [0.05, 0.1) is 25.0 Å². The molecule has 1 aliphatic heterocycles. The maximum atomic E-state index is 11.7. The van der Waals surface area contributed by atoms with Gasteiger partial charge in [0.1, 0.15) is 9.84 Å². The molecule has 1 aliphatic rings. The minimum absolute atomic E-state index is 0.265. The predicted molar refractivity (Wildman–Crippen MR) is 92.7 cm³/mol. The third-order valence-corrected chi connectivity index (χ3v) is 6.09. The number of sulfone groups is 1. The lowest BCUT2D eigenvalue weighted by Gasteiger charge is -2.31. The highest BCUT2D eigenvalue weighted by Gasteiger charge is 2.27. The minimum atomic E-state index is -2.98. The molecule has 1 aromatic heterocycles. The van der Waals surface area contributed by atoms with Crippen molar-refractivity contribution in [1.82, 2.24) is 9.97 Å². The lowest BCUT2D eigenvalue weighted by atomic mass is 10.1. The van der Waals surface area contributed by atoms with Crippen LogP contribution in [0.2, 0.25) is 0 Å². The van der Waals surface area contributed by atoms with Gasteiger partial charge in [-0.3, -0.25) is 0 Å². The number of nitrogens with zero attached hydrogens (tertiary/aromatic N) is 3. The maximum Gasteiger partial charge on any atom is 0.225 e. The Morgan fingerprint density at radius 1 is 1.12 bits per heavy atom. The summed E-state index contributed by atoms with van der Waals surface area (Å²) in [6, 6.07) is 3.66. The van der Waals surface area contributed by atoms with Crippen molar-refractivity contribution in [3.05, 3.63) is 18.3 Å². The summed E-state index contributed by atoms with van der Waals surface area (Å²) >= 11 is 0. The fourth-order valence-corrected chi connectivity index (χ4v) is 4.05. The van der Waals surface area contributed by atoms with Gasteiger partial charge in [-0.25, -0.2) is 18.4 Å². The van der Waals surface area contributed by atoms with E-state index in [1.807, 2.05) is 17.0 Å². The summed E-state index contributed by atoms with van der Waals surface area (Å²) in [5.41, 5.74) is 0.767. The second-order valence-electron chi connectivity index (χ2n) is 5.95. The number of methoxy groups -OCH3 is 2. The van der Waals surface area contributed by atoms with E-state index in [0.717, 1.165) is 10.9 Å². The first-order valence-electron chi connectivity index (χ1n) is 7.75. The summed E-state index contributed by atoms with van der Waals surface area (Å²) < 4.78 is 33.9. The number of piperidine rings is 1. The lowest BCUT2D eigenvalue weighted by Crippen LogP contribution is -2.39. The van der Waals surface area contributed by atoms with E-state index in [9.17, 15) is 8.42 Å². The Morgan fingerprint density at radius 2 is 1.75 bits per heavy atom. The van der Waals surface area contributed by atoms with Gasteiger partial charge in [-0.1, -0.05) is 0 Å². The normalized spacial score (nSPS) is 16.4. The largest absolute Gasteiger partial charge is 0.493 e. The molecule has 1 fully saturated rings. The quantitative estimate of drug-likeness (QED) is 0.828. The molecule has 0 saturated carbocycles. The van der Waals surface area contributed by atoms with Crippen molar-refractivity contribution in [2.24, 2.45) is 0 Å². The zero-order chi connectivity index (χ0) is 17.3. The Morgan fingerprint density at radius 3 is 2.33 bits per heavy atom. The van der Waals surface area contributed by atoms with Crippen LogP contribution in [0.4, 0.5) is 5.95 Å². The van der Waals surface area contributed by atoms with Crippen LogP contribution >= 0.6 is 0 Å². The highest BCUT2D eigenvalue weighted by atomic mass is 32.2. The molecule has 0 atom stereocenters. The molecule has 3 rings (SSSR count). The Balaban J connectivity index is 1.86. The smallest absolute Gasteiger partial charge is 0.225 e. The van der Waals surface area contributed by atoms with Crippen molar-refractivity contribution in [2.45, 2.75) is 18.1 Å². The van der Waals surface area contributed by atoms with E-state index in [1.165, 1.54) is 6.26 Å². The molecular formula is C16H21N3O4S. The van der Waals surface area contributed by atoms with Gasteiger partial charge < -0.3 is 14.4 Å². The molecule has 7 nitrogen and oxygen atoms in total. The van der Waals surface area contributed by atoms with Gasteiger partial charge in [0.15, 0.2) is 11.5 Å². The van der Waals surface area contributed by atoms with Gasteiger partial charge in [-0.2, -0.15) is 0 Å². The van der Waals surface area contributed by atoms with Gasteiger partial charge >= 0.3 is 0 Å². The van der Waals surface area contributed by atoms with E-state index in [0.29, 0.717) is 43.4 Å². The summed E-state index contributed by atoms with van der Waals surface area (Å²) in [5, 5.41) is 0.598. The van der Waals surface area contributed by atoms with Crippen LogP contribution in [0.3, 0.4) is 0 Å². The monoisotopic (exact) mass is 351 g/mol. The van der Waals surface area contributed by atoms with Crippen molar-refractivity contribution in [1.29, 1.82) is 0 Å². The van der Waals surface area contributed by atoms with Crippen LogP contribution in [0.25, 0.3) is 10.9 Å². The van der Waals surface area contributed by atoms with Crippen molar-refractivity contribution in [2.75, 3.05) is 38.5 Å². The van der Waals surface area contributed by atoms with E-state index < -0.39 is 9.84 Å². The fraction of sp³-hybridized carbons (Fsp3) is 0.500. The molecule has 0 radical (unpaired) electrons. The maximum absolute atomic E-state index is 11.7. The fourth-order valence-electron chi connectivity index (χ4n) is 2.98. The number of hydrogen-bond donors (Lipinski definition) is 0. The van der Waals surface area contributed by atoms with Gasteiger partial charge in [-0.15, -0.1) is 0 Å². The second-order valence-corrected chi connectivity index (χ2v) is 8.28. The van der Waals surface area contributed by atoms with Gasteiger partial charge in [0.25, 0.3) is 0 Å². The molecule has 0 bridgehead atoms. The summed E-state index contributed by atoms with van der Waals surface area (Å²) in [6.45, 7) is 1.27. The third-order valence-electron chi connectivity index (χ3n) is 4.40. The van der Waals surface area contributed by atoms with E-state index in [2.05, 4.69) is 9.97 Å². The summed E-state index contributed by atoms with van der Waals surface area (Å²) in [4.78, 5) is 11.0. The first-order valence-corrected chi connectivity index (χ1v) is 9.70. The average Bonchev–Trinajstić information content (AvgIpc) is 2.59. The first kappa shape index (κ1) is 16.8. The summed E-state index contributed by atoms with van der Waals surface area (Å²) in [7, 11) is 0.192. The van der Waals surface area contributed by atoms with Crippen molar-refractivity contribution in [3.63, 3.8) is 0 Å². The van der Waals surface area contributed by atoms with Crippen LogP contribution in [0.1, 0.15) is 12.8 Å². The number of aromatic nitrogens is 2. The van der Waals surface area contributed by atoms with Crippen LogP contribution in [-0.2, 0) is 9.84 Å². The van der Waals surface area contributed by atoms with Crippen LogP contribution in [0, 0.1) is 0 Å². The number of anilines is 1. The summed E-state index contributed by atoms with van der Waals surface area (Å²) in [5.74, 6) is 1.86. The van der Waals surface area contributed by atoms with Crippen LogP contribution in [-0.4, -0.2) is 57.2 Å². The predicted octanol–water partition coefficient (Wildman–Crippen LogP) is 1.66. The molecule has 0 unspecified atom stereocenters. The highest BCUT2D eigenvalue weighted by molar-refractivity contribution is 7.91. The number of fused-ring (bicyclic) bond motifs is 1. The van der Waals surface area contributed by atoms with Crippen molar-refractivity contribution in [3.8, 4) is 11.5 Å². The molecule has 0 aliphatic carbocycles. The Labute approximate surface area is 141 Å². The molecule has 2 heterocycles. The standard InChI is InChI=1S/C16H21N3O4S/c1-22-14-8-11-10-17-16(18-13(11)9-15(14)23-2)19-6-4-12(5-7-19)24(3,20)21/h8-10,12H,4-7H2,1-3H3. The second kappa shape index (κ2) is 6.43. The van der Waals surface area contributed by atoms with E-state index >= 15 is 0 Å². The van der Waals surface area contributed by atoms with Gasteiger partial charge in [0, 0.05) is 37.0 Å². The zero-order valence-corrected chi connectivity index (χ0v) is 14.8. The number of rotatable bonds is 4. The Bertz CT molecular complexity index is 846. The van der Waals surface area contributed by atoms with Crippen LogP contribution in [0.5, 0.6) is 11.5 Å². The van der Waals surface area contributed by atoms with Crippen LogP contribution < -0.4 is 14.4 Å². The molecule has 0 amide bonds. The average molecular weight is 351 g/mol. The molecule has 130 valence electrons. The minimum Gasteiger partial charge on any atom is -0.493 e. The molecule has 0 N–H and O–H groups in total. The number of hydrogen-bond acceptors (Lipinski definition) is 7. The first-order chi connectivity index (χ1) is 11.4. The molecule has 0 spiro atoms. The van der Waals surface area contributed by atoms with Gasteiger partial charge in [-0.05, 0) is 18.9 Å². The number of ether oxygens (including phenoxy) is 2. The van der Waals surface area contributed by atoms with E-state index in [4.69, 9.17) is 9.47 Å². The van der Waals surface area contributed by atoms with Crippen molar-refractivity contribution < 1.29 is 17.9 Å². The molecule has 24 heavy (non-hydrogen) atoms. The third kappa shape index (κ3) is 3.24. The lowest BCUT2D eigenvalue weighted by molar-refractivity contribution is 0.356. The Hall–Kier alpha value is -2.09. The summed E-state index contributed by atoms with van der Waals surface area (Å²) in [6.07, 6.45) is 4.26. The van der Waals surface area contributed by atoms with Gasteiger partial charge in [0.2, 0.25) is 5.95 Å². The van der Waals surface area contributed by atoms with E-state index in [-0.39, 0.29) is 5.25 Å². The van der Waals surface area contributed by atoms with Crippen LogP contribution in [0.15, 0.2) is 18.3 Å². The Kier molecular flexibility index (Phi) is 4.49. The topological polar surface area (TPSA) is 81.6 Å². The molecule has 1 aromatic carbocycles. The highest BCUT2D eigenvalue weighted by Crippen LogP contribution is 2.32. The zero-order valence-electron chi connectivity index (χ0n) is 14.0. The molecule has 8 heteroatoms. The van der Waals surface area contributed by atoms with Crippen molar-refractivity contribution >= 4 is 26.7 Å². The molecule has 2 aromatic rings. The molecule has 1 saturated heterocycles. The number of benzene rings is 1. The molecular weight excluding hydrogens is 330 g/mol. The SMILES string of the molecule is COc1cc2cnc(N3CCC(S(C)(=O)=O)CC3)nc2cc1OC.